The lowest BCUT2D eigenvalue weighted by molar-refractivity contribution is -0.128. The van der Waals surface area contributed by atoms with E-state index < -0.39 is 9.84 Å². The molecule has 0 bridgehead atoms. The quantitative estimate of drug-likeness (QED) is 0.734. The van der Waals surface area contributed by atoms with Gasteiger partial charge < -0.3 is 4.90 Å². The summed E-state index contributed by atoms with van der Waals surface area (Å²) in [4.78, 5) is 14.5. The van der Waals surface area contributed by atoms with Crippen LogP contribution in [0.15, 0.2) is 60.7 Å². The minimum Gasteiger partial charge on any atom is -0.331 e. The molecule has 0 aromatic heterocycles. The van der Waals surface area contributed by atoms with E-state index in [0.717, 1.165) is 11.1 Å². The second-order valence-corrected chi connectivity index (χ2v) is 9.00. The zero-order valence-electron chi connectivity index (χ0n) is 14.2. The molecule has 1 heterocycles. The van der Waals surface area contributed by atoms with Gasteiger partial charge in [-0.2, -0.15) is 0 Å². The smallest absolute Gasteiger partial charge is 0.247 e. The Labute approximate surface area is 159 Å². The van der Waals surface area contributed by atoms with E-state index in [9.17, 15) is 13.2 Å². The molecule has 0 radical (unpaired) electrons. The lowest BCUT2D eigenvalue weighted by atomic mass is 10.1. The summed E-state index contributed by atoms with van der Waals surface area (Å²) < 4.78 is 23.7. The third-order valence-corrected chi connectivity index (χ3v) is 6.53. The lowest BCUT2D eigenvalue weighted by Gasteiger charge is -2.27. The molecule has 1 amide bonds. The van der Waals surface area contributed by atoms with Crippen molar-refractivity contribution in [1.29, 1.82) is 0 Å². The minimum atomic E-state index is -3.08. The van der Waals surface area contributed by atoms with Gasteiger partial charge in [0, 0.05) is 23.7 Å². The van der Waals surface area contributed by atoms with Gasteiger partial charge in [0.05, 0.1) is 11.5 Å². The van der Waals surface area contributed by atoms with Crippen LogP contribution in [0.2, 0.25) is 5.02 Å². The van der Waals surface area contributed by atoms with Crippen LogP contribution in [0.25, 0.3) is 6.08 Å². The summed E-state index contributed by atoms with van der Waals surface area (Å²) in [5.74, 6) is -0.0634. The van der Waals surface area contributed by atoms with Crippen LogP contribution in [-0.2, 0) is 21.2 Å². The molecule has 1 aliphatic rings. The van der Waals surface area contributed by atoms with E-state index in [1.54, 1.807) is 17.0 Å². The fourth-order valence-electron chi connectivity index (χ4n) is 3.06. The average Bonchev–Trinajstić information content (AvgIpc) is 2.99. The highest BCUT2D eigenvalue weighted by Crippen LogP contribution is 2.22. The van der Waals surface area contributed by atoms with Crippen LogP contribution in [0, 0.1) is 0 Å². The first-order valence-electron chi connectivity index (χ1n) is 8.42. The minimum absolute atomic E-state index is 0.0194. The first-order chi connectivity index (χ1) is 12.4. The van der Waals surface area contributed by atoms with Crippen molar-refractivity contribution >= 4 is 33.4 Å². The van der Waals surface area contributed by atoms with Crippen LogP contribution in [0.3, 0.4) is 0 Å². The van der Waals surface area contributed by atoms with Gasteiger partial charge in [-0.3, -0.25) is 4.79 Å². The molecule has 6 heteroatoms. The van der Waals surface area contributed by atoms with Gasteiger partial charge in [-0.05, 0) is 29.7 Å². The molecule has 3 rings (SSSR count). The number of hydrogen-bond acceptors (Lipinski definition) is 3. The number of carbonyl (C=O) groups excluding carboxylic acids is 1. The SMILES string of the molecule is O=C(/C=C/c1ccccc1Cl)N(Cc1ccccc1)C1CCS(=O)(=O)C1. The van der Waals surface area contributed by atoms with Gasteiger partial charge in [0.1, 0.15) is 0 Å². The van der Waals surface area contributed by atoms with Crippen LogP contribution < -0.4 is 0 Å². The van der Waals surface area contributed by atoms with E-state index in [2.05, 4.69) is 0 Å². The molecule has 2 aromatic rings. The van der Waals surface area contributed by atoms with Crippen LogP contribution in [0.1, 0.15) is 17.5 Å². The summed E-state index contributed by atoms with van der Waals surface area (Å²) in [5.41, 5.74) is 1.72. The van der Waals surface area contributed by atoms with Gasteiger partial charge in [0.2, 0.25) is 5.91 Å². The van der Waals surface area contributed by atoms with Crippen LogP contribution in [0.5, 0.6) is 0 Å². The van der Waals surface area contributed by atoms with Gasteiger partial charge in [0.25, 0.3) is 0 Å². The van der Waals surface area contributed by atoms with Crippen molar-refractivity contribution in [1.82, 2.24) is 4.90 Å². The third-order valence-electron chi connectivity index (χ3n) is 4.44. The molecule has 0 spiro atoms. The first-order valence-corrected chi connectivity index (χ1v) is 10.6. The van der Waals surface area contributed by atoms with Gasteiger partial charge in [0.15, 0.2) is 9.84 Å². The second kappa shape index (κ2) is 8.06. The van der Waals surface area contributed by atoms with Crippen LogP contribution in [0.4, 0.5) is 0 Å². The number of carbonyl (C=O) groups is 1. The topological polar surface area (TPSA) is 54.5 Å². The highest BCUT2D eigenvalue weighted by Gasteiger charge is 2.34. The van der Waals surface area contributed by atoms with E-state index in [-0.39, 0.29) is 23.5 Å². The molecule has 4 nitrogen and oxygen atoms in total. The normalized spacial score (nSPS) is 18.9. The van der Waals surface area contributed by atoms with E-state index in [4.69, 9.17) is 11.6 Å². The maximum atomic E-state index is 12.8. The number of hydrogen-bond donors (Lipinski definition) is 0. The van der Waals surface area contributed by atoms with Crippen molar-refractivity contribution < 1.29 is 13.2 Å². The van der Waals surface area contributed by atoms with E-state index in [0.29, 0.717) is 18.0 Å². The molecule has 0 saturated carbocycles. The number of benzene rings is 2. The summed E-state index contributed by atoms with van der Waals surface area (Å²) >= 11 is 6.13. The first kappa shape index (κ1) is 18.7. The largest absolute Gasteiger partial charge is 0.331 e. The molecule has 2 aromatic carbocycles. The molecule has 1 fully saturated rings. The molecule has 1 aliphatic heterocycles. The van der Waals surface area contributed by atoms with Crippen molar-refractivity contribution in [3.8, 4) is 0 Å². The summed E-state index contributed by atoms with van der Waals surface area (Å²) in [6, 6.07) is 16.5. The molecular formula is C20H20ClNO3S. The highest BCUT2D eigenvalue weighted by molar-refractivity contribution is 7.91. The van der Waals surface area contributed by atoms with E-state index in [1.165, 1.54) is 6.08 Å². The highest BCUT2D eigenvalue weighted by atomic mass is 35.5. The Balaban J connectivity index is 1.82. The fraction of sp³-hybridized carbons (Fsp3) is 0.250. The summed E-state index contributed by atoms with van der Waals surface area (Å²) in [5, 5.41) is 0.564. The van der Waals surface area contributed by atoms with E-state index in [1.807, 2.05) is 48.5 Å². The standard InChI is InChI=1S/C20H20ClNO3S/c21-19-9-5-4-8-17(19)10-11-20(23)22(14-16-6-2-1-3-7-16)18-12-13-26(24,25)15-18/h1-11,18H,12-15H2/b11-10+. The van der Waals surface area contributed by atoms with Gasteiger partial charge >= 0.3 is 0 Å². The molecule has 26 heavy (non-hydrogen) atoms. The zero-order chi connectivity index (χ0) is 18.6. The van der Waals surface area contributed by atoms with Crippen molar-refractivity contribution in [3.63, 3.8) is 0 Å². The zero-order valence-corrected chi connectivity index (χ0v) is 15.8. The summed E-state index contributed by atoms with van der Waals surface area (Å²) in [6.07, 6.45) is 3.61. The van der Waals surface area contributed by atoms with Crippen molar-refractivity contribution in [2.45, 2.75) is 19.0 Å². The Bertz CT molecular complexity index is 910. The Kier molecular flexibility index (Phi) is 5.79. The maximum absolute atomic E-state index is 12.8. The molecule has 0 aliphatic carbocycles. The van der Waals surface area contributed by atoms with E-state index >= 15 is 0 Å². The number of nitrogens with zero attached hydrogens (tertiary/aromatic N) is 1. The molecule has 0 N–H and O–H groups in total. The molecule has 1 atom stereocenters. The Morgan fingerprint density at radius 1 is 1.12 bits per heavy atom. The molecule has 136 valence electrons. The summed E-state index contributed by atoms with van der Waals surface area (Å²) in [7, 11) is -3.08. The predicted molar refractivity (Wildman–Crippen MR) is 105 cm³/mol. The molecular weight excluding hydrogens is 370 g/mol. The fourth-order valence-corrected chi connectivity index (χ4v) is 4.98. The molecule has 1 unspecified atom stereocenters. The maximum Gasteiger partial charge on any atom is 0.247 e. The number of rotatable bonds is 5. The van der Waals surface area contributed by atoms with Crippen molar-refractivity contribution in [3.05, 3.63) is 76.8 Å². The van der Waals surface area contributed by atoms with Crippen LogP contribution in [-0.4, -0.2) is 36.8 Å². The Morgan fingerprint density at radius 2 is 1.81 bits per heavy atom. The van der Waals surface area contributed by atoms with Gasteiger partial charge in [-0.15, -0.1) is 0 Å². The molecule has 1 saturated heterocycles. The van der Waals surface area contributed by atoms with Crippen LogP contribution >= 0.6 is 11.6 Å². The van der Waals surface area contributed by atoms with Gasteiger partial charge in [-0.1, -0.05) is 60.1 Å². The Hall–Kier alpha value is -2.11. The summed E-state index contributed by atoms with van der Waals surface area (Å²) in [6.45, 7) is 0.382. The second-order valence-electron chi connectivity index (χ2n) is 6.36. The van der Waals surface area contributed by atoms with Crippen molar-refractivity contribution in [2.75, 3.05) is 11.5 Å². The lowest BCUT2D eigenvalue weighted by Crippen LogP contribution is -2.39. The number of sulfone groups is 1. The number of amides is 1. The monoisotopic (exact) mass is 389 g/mol. The predicted octanol–water partition coefficient (Wildman–Crippen LogP) is 3.57. The number of halogens is 1. The Morgan fingerprint density at radius 3 is 2.46 bits per heavy atom. The average molecular weight is 390 g/mol. The van der Waals surface area contributed by atoms with Gasteiger partial charge in [-0.25, -0.2) is 8.42 Å². The van der Waals surface area contributed by atoms with Crippen molar-refractivity contribution in [2.24, 2.45) is 0 Å². The third kappa shape index (κ3) is 4.74.